The van der Waals surface area contributed by atoms with Crippen LogP contribution in [0.25, 0.3) is 0 Å². The number of amides is 1. The second kappa shape index (κ2) is 5.57. The first-order valence-corrected chi connectivity index (χ1v) is 6.60. The van der Waals surface area contributed by atoms with Crippen molar-refractivity contribution in [3.63, 3.8) is 0 Å². The number of nitrogens with one attached hydrogen (secondary N) is 1. The smallest absolute Gasteiger partial charge is 0.254 e. The summed E-state index contributed by atoms with van der Waals surface area (Å²) in [5.41, 5.74) is 7.47. The number of hydrogen-bond acceptors (Lipinski definition) is 4. The molecule has 2 rings (SSSR count). The van der Waals surface area contributed by atoms with Crippen molar-refractivity contribution < 1.29 is 9.53 Å². The van der Waals surface area contributed by atoms with Crippen LogP contribution in [0, 0.1) is 19.8 Å². The Morgan fingerprint density at radius 2 is 2.21 bits per heavy atom. The lowest BCUT2D eigenvalue weighted by molar-refractivity contribution is 0.0600. The minimum atomic E-state index is -0.480. The molecule has 1 aliphatic rings. The molecule has 19 heavy (non-hydrogen) atoms. The third-order valence-electron chi connectivity index (χ3n) is 3.52. The van der Waals surface area contributed by atoms with E-state index < -0.39 is 5.91 Å². The minimum Gasteiger partial charge on any atom is -0.474 e. The fourth-order valence-corrected chi connectivity index (χ4v) is 2.57. The van der Waals surface area contributed by atoms with Gasteiger partial charge in [0.25, 0.3) is 5.91 Å². The van der Waals surface area contributed by atoms with Gasteiger partial charge in [-0.2, -0.15) is 0 Å². The van der Waals surface area contributed by atoms with Crippen LogP contribution in [0.3, 0.4) is 0 Å². The molecule has 0 unspecified atom stereocenters. The molecule has 0 saturated heterocycles. The highest BCUT2D eigenvalue weighted by atomic mass is 16.5. The van der Waals surface area contributed by atoms with E-state index in [1.807, 2.05) is 27.0 Å². The van der Waals surface area contributed by atoms with Crippen molar-refractivity contribution in [2.24, 2.45) is 11.7 Å². The zero-order valence-electron chi connectivity index (χ0n) is 11.7. The summed E-state index contributed by atoms with van der Waals surface area (Å²) in [6, 6.07) is 1.84. The molecule has 0 bridgehead atoms. The molecule has 0 radical (unpaired) electrons. The van der Waals surface area contributed by atoms with Gasteiger partial charge in [0.1, 0.15) is 11.7 Å². The maximum atomic E-state index is 11.5. The lowest BCUT2D eigenvalue weighted by Crippen LogP contribution is -2.39. The highest BCUT2D eigenvalue weighted by molar-refractivity contribution is 5.96. The van der Waals surface area contributed by atoms with Gasteiger partial charge in [-0.25, -0.2) is 4.98 Å². The summed E-state index contributed by atoms with van der Waals surface area (Å²) in [5, 5.41) is 3.16. The van der Waals surface area contributed by atoms with Crippen molar-refractivity contribution in [1.29, 1.82) is 0 Å². The van der Waals surface area contributed by atoms with Gasteiger partial charge in [0.15, 0.2) is 0 Å². The number of nitrogens with two attached hydrogens (primary N) is 1. The maximum absolute atomic E-state index is 11.5. The average molecular weight is 263 g/mol. The van der Waals surface area contributed by atoms with Crippen LogP contribution in [0.15, 0.2) is 6.07 Å². The highest BCUT2D eigenvalue weighted by Gasteiger charge is 2.31. The second-order valence-corrected chi connectivity index (χ2v) is 5.26. The third-order valence-corrected chi connectivity index (χ3v) is 3.52. The Morgan fingerprint density at radius 3 is 2.79 bits per heavy atom. The Kier molecular flexibility index (Phi) is 4.04. The number of nitrogens with zero attached hydrogens (tertiary/aromatic N) is 1. The van der Waals surface area contributed by atoms with E-state index in [1.54, 1.807) is 0 Å². The normalized spacial score (nSPS) is 21.8. The quantitative estimate of drug-likeness (QED) is 0.836. The first-order valence-electron chi connectivity index (χ1n) is 6.60. The summed E-state index contributed by atoms with van der Waals surface area (Å²) in [6.07, 6.45) is 2.13. The standard InChI is InChI=1S/C14H21N3O2/c1-8-4-9(2)17-14(12(8)13(15)18)19-11-5-10(6-11)7-16-3/h4,10-11,16H,5-7H2,1-3H3,(H2,15,18). The van der Waals surface area contributed by atoms with Crippen LogP contribution >= 0.6 is 0 Å². The summed E-state index contributed by atoms with van der Waals surface area (Å²) in [7, 11) is 1.95. The number of ether oxygens (including phenoxy) is 1. The fraction of sp³-hybridized carbons (Fsp3) is 0.571. The number of aromatic nitrogens is 1. The van der Waals surface area contributed by atoms with Crippen molar-refractivity contribution >= 4 is 5.91 Å². The maximum Gasteiger partial charge on any atom is 0.254 e. The fourth-order valence-electron chi connectivity index (χ4n) is 2.57. The Hall–Kier alpha value is -1.62. The molecule has 1 aromatic heterocycles. The van der Waals surface area contributed by atoms with Gasteiger partial charge in [0.2, 0.25) is 5.88 Å². The van der Waals surface area contributed by atoms with Crippen molar-refractivity contribution in [3.8, 4) is 5.88 Å². The molecule has 1 saturated carbocycles. The monoisotopic (exact) mass is 263 g/mol. The first-order chi connectivity index (χ1) is 9.01. The molecule has 1 heterocycles. The lowest BCUT2D eigenvalue weighted by Gasteiger charge is -2.35. The first kappa shape index (κ1) is 13.8. The van der Waals surface area contributed by atoms with Gasteiger partial charge < -0.3 is 15.8 Å². The van der Waals surface area contributed by atoms with Crippen LogP contribution in [-0.2, 0) is 0 Å². The molecule has 1 fully saturated rings. The molecule has 1 amide bonds. The average Bonchev–Trinajstić information content (AvgIpc) is 2.24. The number of carbonyl (C=O) groups excluding carboxylic acids is 1. The topological polar surface area (TPSA) is 77.2 Å². The Bertz CT molecular complexity index is 482. The molecule has 1 aromatic rings. The van der Waals surface area contributed by atoms with Crippen LogP contribution in [0.5, 0.6) is 5.88 Å². The Balaban J connectivity index is 2.10. The number of rotatable bonds is 5. The molecular formula is C14H21N3O2. The summed E-state index contributed by atoms with van der Waals surface area (Å²) in [4.78, 5) is 15.8. The zero-order valence-corrected chi connectivity index (χ0v) is 11.7. The molecule has 0 atom stereocenters. The van der Waals surface area contributed by atoms with Gasteiger partial charge in [-0.1, -0.05) is 0 Å². The summed E-state index contributed by atoms with van der Waals surface area (Å²) in [5.74, 6) is 0.557. The van der Waals surface area contributed by atoms with Gasteiger partial charge in [0.05, 0.1) is 0 Å². The van der Waals surface area contributed by atoms with E-state index in [0.29, 0.717) is 17.4 Å². The van der Waals surface area contributed by atoms with Gasteiger partial charge in [-0.3, -0.25) is 4.79 Å². The highest BCUT2D eigenvalue weighted by Crippen LogP contribution is 2.32. The second-order valence-electron chi connectivity index (χ2n) is 5.26. The van der Waals surface area contributed by atoms with E-state index in [-0.39, 0.29) is 6.10 Å². The summed E-state index contributed by atoms with van der Waals surface area (Å²) >= 11 is 0. The van der Waals surface area contributed by atoms with Crippen molar-refractivity contribution in [2.75, 3.05) is 13.6 Å². The SMILES string of the molecule is CNCC1CC(Oc2nc(C)cc(C)c2C(N)=O)C1. The summed E-state index contributed by atoms with van der Waals surface area (Å²) < 4.78 is 5.84. The number of carbonyl (C=O) groups is 1. The van der Waals surface area contributed by atoms with Gasteiger partial charge in [-0.15, -0.1) is 0 Å². The van der Waals surface area contributed by atoms with E-state index in [2.05, 4.69) is 10.3 Å². The van der Waals surface area contributed by atoms with Crippen LogP contribution in [0.1, 0.15) is 34.5 Å². The van der Waals surface area contributed by atoms with Gasteiger partial charge >= 0.3 is 0 Å². The summed E-state index contributed by atoms with van der Waals surface area (Å²) in [6.45, 7) is 4.74. The van der Waals surface area contributed by atoms with Crippen molar-refractivity contribution in [2.45, 2.75) is 32.8 Å². The number of pyridine rings is 1. The Labute approximate surface area is 113 Å². The van der Waals surface area contributed by atoms with E-state index in [4.69, 9.17) is 10.5 Å². The van der Waals surface area contributed by atoms with E-state index >= 15 is 0 Å². The van der Waals surface area contributed by atoms with Crippen molar-refractivity contribution in [3.05, 3.63) is 22.9 Å². The molecule has 104 valence electrons. The van der Waals surface area contributed by atoms with Crippen molar-refractivity contribution in [1.82, 2.24) is 10.3 Å². The van der Waals surface area contributed by atoms with Gasteiger partial charge in [0, 0.05) is 5.69 Å². The van der Waals surface area contributed by atoms with E-state index in [9.17, 15) is 4.79 Å². The zero-order chi connectivity index (χ0) is 14.0. The predicted octanol–water partition coefficient (Wildman–Crippen LogP) is 1.17. The number of hydrogen-bond donors (Lipinski definition) is 2. The molecule has 3 N–H and O–H groups in total. The van der Waals surface area contributed by atoms with E-state index in [0.717, 1.165) is 30.6 Å². The van der Waals surface area contributed by atoms with Crippen LogP contribution in [0.2, 0.25) is 0 Å². The number of primary amides is 1. The largest absolute Gasteiger partial charge is 0.474 e. The Morgan fingerprint density at radius 1 is 1.53 bits per heavy atom. The number of aryl methyl sites for hydroxylation is 2. The molecule has 5 nitrogen and oxygen atoms in total. The van der Waals surface area contributed by atoms with Crippen LogP contribution < -0.4 is 15.8 Å². The third kappa shape index (κ3) is 3.04. The molecular weight excluding hydrogens is 242 g/mol. The van der Waals surface area contributed by atoms with Crippen LogP contribution in [-0.4, -0.2) is 30.6 Å². The molecule has 0 spiro atoms. The predicted molar refractivity (Wildman–Crippen MR) is 73.3 cm³/mol. The van der Waals surface area contributed by atoms with Crippen LogP contribution in [0.4, 0.5) is 0 Å². The molecule has 1 aliphatic carbocycles. The lowest BCUT2D eigenvalue weighted by atomic mass is 9.82. The van der Waals surface area contributed by atoms with Gasteiger partial charge in [-0.05, 0) is 57.8 Å². The molecule has 5 heteroatoms. The minimum absolute atomic E-state index is 0.144. The molecule has 0 aliphatic heterocycles. The van der Waals surface area contributed by atoms with E-state index in [1.165, 1.54) is 0 Å². The molecule has 0 aromatic carbocycles.